The molecule has 0 unspecified atom stereocenters. The molecule has 6 nitrogen and oxygen atoms in total. The number of imidazole rings is 1. The van der Waals surface area contributed by atoms with Crippen molar-refractivity contribution in [3.8, 4) is 17.2 Å². The number of aryl methyl sites for hydroxylation is 3. The summed E-state index contributed by atoms with van der Waals surface area (Å²) in [6.07, 6.45) is 9.58. The number of carbonyl (C=O) groups excluding carboxylic acids is 1. The number of ether oxygens (including phenoxy) is 2. The SMILES string of the molecule is COc1cc2c(cc1OC)[C@H](N1CCC/C(=C\c3ccc(-n4cnc(C)c4)c(C)c3)C1=O)CC2. The van der Waals surface area contributed by atoms with Crippen LogP contribution in [0.15, 0.2) is 48.4 Å². The third-order valence-corrected chi connectivity index (χ3v) is 7.00. The van der Waals surface area contributed by atoms with Gasteiger partial charge in [-0.15, -0.1) is 0 Å². The normalized spacial score (nSPS) is 18.9. The lowest BCUT2D eigenvalue weighted by atomic mass is 9.96. The Morgan fingerprint density at radius 1 is 1.06 bits per heavy atom. The van der Waals surface area contributed by atoms with Gasteiger partial charge in [-0.25, -0.2) is 4.98 Å². The van der Waals surface area contributed by atoms with Crippen molar-refractivity contribution in [2.75, 3.05) is 20.8 Å². The van der Waals surface area contributed by atoms with Crippen LogP contribution in [0.3, 0.4) is 0 Å². The minimum Gasteiger partial charge on any atom is -0.493 e. The summed E-state index contributed by atoms with van der Waals surface area (Å²) in [5, 5.41) is 0. The minimum absolute atomic E-state index is 0.0830. The number of fused-ring (bicyclic) bond motifs is 1. The first-order valence-electron chi connectivity index (χ1n) is 11.9. The Balaban J connectivity index is 1.40. The van der Waals surface area contributed by atoms with Gasteiger partial charge in [-0.1, -0.05) is 6.07 Å². The largest absolute Gasteiger partial charge is 0.493 e. The van der Waals surface area contributed by atoms with Gasteiger partial charge < -0.3 is 18.9 Å². The second-order valence-electron chi connectivity index (χ2n) is 9.20. The Hall–Kier alpha value is -3.54. The number of aromatic nitrogens is 2. The molecular weight excluding hydrogens is 426 g/mol. The van der Waals surface area contributed by atoms with E-state index in [4.69, 9.17) is 9.47 Å². The first kappa shape index (κ1) is 22.3. The zero-order valence-corrected chi connectivity index (χ0v) is 20.3. The maximum absolute atomic E-state index is 13.6. The maximum Gasteiger partial charge on any atom is 0.250 e. The minimum atomic E-state index is 0.0830. The summed E-state index contributed by atoms with van der Waals surface area (Å²) in [4.78, 5) is 20.0. The Kier molecular flexibility index (Phi) is 5.90. The highest BCUT2D eigenvalue weighted by Gasteiger charge is 2.35. The molecule has 1 aromatic heterocycles. The van der Waals surface area contributed by atoms with Crippen LogP contribution in [-0.4, -0.2) is 41.1 Å². The fraction of sp³-hybridized carbons (Fsp3) is 0.357. The van der Waals surface area contributed by atoms with Gasteiger partial charge in [-0.3, -0.25) is 4.79 Å². The lowest BCUT2D eigenvalue weighted by Crippen LogP contribution is -2.39. The van der Waals surface area contributed by atoms with Gasteiger partial charge in [0.15, 0.2) is 11.5 Å². The molecule has 1 aliphatic carbocycles. The van der Waals surface area contributed by atoms with Gasteiger partial charge in [0.25, 0.3) is 0 Å². The highest BCUT2D eigenvalue weighted by molar-refractivity contribution is 5.99. The Bertz CT molecular complexity index is 1270. The molecule has 34 heavy (non-hydrogen) atoms. The van der Waals surface area contributed by atoms with Crippen molar-refractivity contribution >= 4 is 12.0 Å². The predicted octanol–water partition coefficient (Wildman–Crippen LogP) is 5.20. The van der Waals surface area contributed by atoms with Crippen molar-refractivity contribution in [3.05, 3.63) is 76.4 Å². The van der Waals surface area contributed by atoms with Crippen LogP contribution >= 0.6 is 0 Å². The number of nitrogens with zero attached hydrogens (tertiary/aromatic N) is 3. The third kappa shape index (κ3) is 3.98. The van der Waals surface area contributed by atoms with E-state index in [-0.39, 0.29) is 11.9 Å². The fourth-order valence-electron chi connectivity index (χ4n) is 5.31. The second kappa shape index (κ2) is 9.01. The lowest BCUT2D eigenvalue weighted by molar-refractivity contribution is -0.131. The number of methoxy groups -OCH3 is 2. The highest BCUT2D eigenvalue weighted by atomic mass is 16.5. The molecule has 2 aromatic carbocycles. The zero-order valence-electron chi connectivity index (χ0n) is 20.3. The Morgan fingerprint density at radius 3 is 2.56 bits per heavy atom. The summed E-state index contributed by atoms with van der Waals surface area (Å²) in [7, 11) is 3.31. The third-order valence-electron chi connectivity index (χ3n) is 7.00. The van der Waals surface area contributed by atoms with Gasteiger partial charge in [0.05, 0.1) is 32.3 Å². The molecule has 1 amide bonds. The summed E-state index contributed by atoms with van der Waals surface area (Å²) in [5.41, 5.74) is 7.61. The van der Waals surface area contributed by atoms with Crippen molar-refractivity contribution in [1.82, 2.24) is 14.5 Å². The number of amides is 1. The summed E-state index contributed by atoms with van der Waals surface area (Å²) in [5.74, 6) is 1.61. The van der Waals surface area contributed by atoms with Crippen LogP contribution < -0.4 is 9.47 Å². The van der Waals surface area contributed by atoms with Crippen LogP contribution in [0.4, 0.5) is 0 Å². The summed E-state index contributed by atoms with van der Waals surface area (Å²) < 4.78 is 13.0. The average molecular weight is 458 g/mol. The van der Waals surface area contributed by atoms with Crippen molar-refractivity contribution in [2.45, 2.75) is 45.6 Å². The molecule has 6 heteroatoms. The second-order valence-corrected chi connectivity index (χ2v) is 9.20. The molecule has 0 N–H and O–H groups in total. The van der Waals surface area contributed by atoms with Crippen LogP contribution in [0.2, 0.25) is 0 Å². The van der Waals surface area contributed by atoms with E-state index in [9.17, 15) is 4.79 Å². The summed E-state index contributed by atoms with van der Waals surface area (Å²) >= 11 is 0. The van der Waals surface area contributed by atoms with E-state index in [1.165, 1.54) is 11.1 Å². The van der Waals surface area contributed by atoms with E-state index in [0.29, 0.717) is 0 Å². The number of rotatable bonds is 5. The molecule has 0 saturated carbocycles. The van der Waals surface area contributed by atoms with Gasteiger partial charge >= 0.3 is 0 Å². The van der Waals surface area contributed by atoms with E-state index < -0.39 is 0 Å². The number of hydrogen-bond donors (Lipinski definition) is 0. The van der Waals surface area contributed by atoms with E-state index in [1.807, 2.05) is 24.0 Å². The fourth-order valence-corrected chi connectivity index (χ4v) is 5.31. The summed E-state index contributed by atoms with van der Waals surface area (Å²) in [6.45, 7) is 4.87. The van der Waals surface area contributed by atoms with Gasteiger partial charge in [0, 0.05) is 24.0 Å². The van der Waals surface area contributed by atoms with Crippen LogP contribution in [0.25, 0.3) is 11.8 Å². The molecule has 176 valence electrons. The Labute approximate surface area is 200 Å². The molecule has 0 spiro atoms. The molecule has 3 aromatic rings. The average Bonchev–Trinajstić information content (AvgIpc) is 3.45. The molecule has 0 bridgehead atoms. The van der Waals surface area contributed by atoms with Crippen LogP contribution in [0.1, 0.15) is 53.3 Å². The predicted molar refractivity (Wildman–Crippen MR) is 133 cm³/mol. The van der Waals surface area contributed by atoms with Crippen LogP contribution in [0, 0.1) is 13.8 Å². The lowest BCUT2D eigenvalue weighted by Gasteiger charge is -2.34. The molecule has 2 heterocycles. The highest BCUT2D eigenvalue weighted by Crippen LogP contribution is 2.43. The molecule has 1 fully saturated rings. The molecule has 2 aliphatic rings. The van der Waals surface area contributed by atoms with Crippen molar-refractivity contribution in [3.63, 3.8) is 0 Å². The van der Waals surface area contributed by atoms with Gasteiger partial charge in [0.2, 0.25) is 5.91 Å². The van der Waals surface area contributed by atoms with E-state index in [0.717, 1.165) is 71.8 Å². The topological polar surface area (TPSA) is 56.6 Å². The number of likely N-dealkylation sites (tertiary alicyclic amines) is 1. The standard InChI is InChI=1S/C28H31N3O3/c1-18-12-20(7-9-24(18)30-16-19(2)29-17-30)13-22-6-5-11-31(28(22)32)25-10-8-21-14-26(33-3)27(34-4)15-23(21)25/h7,9,12-17,25H,5-6,8,10-11H2,1-4H3/b22-13+/t25-/m1/s1. The first-order valence-corrected chi connectivity index (χ1v) is 11.9. The quantitative estimate of drug-likeness (QED) is 0.494. The number of benzene rings is 2. The zero-order chi connectivity index (χ0) is 23.8. The smallest absolute Gasteiger partial charge is 0.250 e. The van der Waals surface area contributed by atoms with Crippen molar-refractivity contribution in [2.24, 2.45) is 0 Å². The van der Waals surface area contributed by atoms with Gasteiger partial charge in [-0.05, 0) is 92.1 Å². The monoisotopic (exact) mass is 457 g/mol. The maximum atomic E-state index is 13.6. The van der Waals surface area contributed by atoms with Gasteiger partial charge in [-0.2, -0.15) is 0 Å². The molecule has 1 saturated heterocycles. The van der Waals surface area contributed by atoms with Crippen LogP contribution in [-0.2, 0) is 11.2 Å². The van der Waals surface area contributed by atoms with Crippen molar-refractivity contribution < 1.29 is 14.3 Å². The summed E-state index contributed by atoms with van der Waals surface area (Å²) in [6, 6.07) is 10.5. The molecule has 1 atom stereocenters. The number of piperidine rings is 1. The van der Waals surface area contributed by atoms with Crippen molar-refractivity contribution in [1.29, 1.82) is 0 Å². The van der Waals surface area contributed by atoms with E-state index in [1.54, 1.807) is 14.2 Å². The first-order chi connectivity index (χ1) is 16.5. The molecule has 1 aliphatic heterocycles. The number of hydrogen-bond acceptors (Lipinski definition) is 4. The number of carbonyl (C=O) groups is 1. The molecule has 0 radical (unpaired) electrons. The van der Waals surface area contributed by atoms with E-state index >= 15 is 0 Å². The molecule has 5 rings (SSSR count). The molecular formula is C28H31N3O3. The Morgan fingerprint density at radius 2 is 1.85 bits per heavy atom. The van der Waals surface area contributed by atoms with E-state index in [2.05, 4.69) is 53.2 Å². The van der Waals surface area contributed by atoms with Crippen LogP contribution in [0.5, 0.6) is 11.5 Å². The van der Waals surface area contributed by atoms with Gasteiger partial charge in [0.1, 0.15) is 0 Å².